The Morgan fingerprint density at radius 2 is 1.90 bits per heavy atom. The van der Waals surface area contributed by atoms with Crippen LogP contribution < -0.4 is 4.90 Å². The van der Waals surface area contributed by atoms with Crippen LogP contribution in [0.5, 0.6) is 0 Å². The van der Waals surface area contributed by atoms with Crippen molar-refractivity contribution in [3.05, 3.63) is 29.3 Å². The van der Waals surface area contributed by atoms with Crippen LogP contribution in [0, 0.1) is 0 Å². The summed E-state index contributed by atoms with van der Waals surface area (Å²) in [6.45, 7) is 4.25. The quantitative estimate of drug-likeness (QED) is 0.416. The van der Waals surface area contributed by atoms with Crippen LogP contribution in [-0.4, -0.2) is 31.3 Å². The molecule has 1 aliphatic heterocycles. The highest BCUT2D eigenvalue weighted by Crippen LogP contribution is 2.37. The van der Waals surface area contributed by atoms with Crippen molar-refractivity contribution >= 4 is 17.7 Å². The lowest BCUT2D eigenvalue weighted by atomic mass is 9.93. The maximum atomic E-state index is 13.0. The summed E-state index contributed by atoms with van der Waals surface area (Å²) in [5.41, 5.74) is 0.292. The normalized spacial score (nSPS) is 16.3. The monoisotopic (exact) mass is 415 g/mol. The molecule has 0 saturated carbocycles. The summed E-state index contributed by atoms with van der Waals surface area (Å²) >= 11 is 0. The molecule has 2 rings (SSSR count). The Hall–Kier alpha value is -2.25. The van der Waals surface area contributed by atoms with E-state index >= 15 is 0 Å². The summed E-state index contributed by atoms with van der Waals surface area (Å²) in [6.07, 6.45) is -0.857. The van der Waals surface area contributed by atoms with Crippen molar-refractivity contribution in [3.63, 3.8) is 0 Å². The summed E-state index contributed by atoms with van der Waals surface area (Å²) < 4.78 is 49.2. The molecule has 0 saturated heterocycles. The number of amides is 1. The summed E-state index contributed by atoms with van der Waals surface area (Å²) in [5.74, 6) is -0.238. The van der Waals surface area contributed by atoms with Gasteiger partial charge in [-0.15, -0.1) is 0 Å². The minimum Gasteiger partial charge on any atom is -0.466 e. The lowest BCUT2D eigenvalue weighted by Gasteiger charge is -2.36. The van der Waals surface area contributed by atoms with Gasteiger partial charge in [-0.05, 0) is 69.2 Å². The van der Waals surface area contributed by atoms with E-state index < -0.39 is 17.8 Å². The Labute approximate surface area is 169 Å². The molecule has 0 aromatic heterocycles. The largest absolute Gasteiger partial charge is 0.466 e. The molecule has 162 valence electrons. The van der Waals surface area contributed by atoms with Gasteiger partial charge in [-0.1, -0.05) is 6.92 Å². The third-order valence-electron chi connectivity index (χ3n) is 5.00. The molecule has 0 fully saturated rings. The van der Waals surface area contributed by atoms with Crippen molar-refractivity contribution in [2.75, 3.05) is 18.1 Å². The molecule has 1 atom stereocenters. The standard InChI is InChI=1S/C21H28F3NO4/c1-3-17-11-9-15-14-16(21(22,23)24)10-12-18(15)25(17)20(27)29-13-7-5-6-8-19(26)28-4-2/h10,12,14,17H,3-9,11,13H2,1-2H3. The number of fused-ring (bicyclic) bond motifs is 1. The second-order valence-corrected chi connectivity index (χ2v) is 7.04. The molecule has 1 amide bonds. The number of carbonyl (C=O) groups is 2. The van der Waals surface area contributed by atoms with Crippen molar-refractivity contribution in [1.29, 1.82) is 0 Å². The highest BCUT2D eigenvalue weighted by atomic mass is 19.4. The van der Waals surface area contributed by atoms with E-state index in [1.165, 1.54) is 11.0 Å². The van der Waals surface area contributed by atoms with Crippen LogP contribution in [0.1, 0.15) is 63.5 Å². The SMILES string of the molecule is CCOC(=O)CCCCCOC(=O)N1c2ccc(C(F)(F)F)cc2CCC1CC. The zero-order valence-electron chi connectivity index (χ0n) is 16.9. The molecule has 0 N–H and O–H groups in total. The summed E-state index contributed by atoms with van der Waals surface area (Å²) in [5, 5.41) is 0. The first-order chi connectivity index (χ1) is 13.8. The van der Waals surface area contributed by atoms with Crippen molar-refractivity contribution in [2.45, 2.75) is 71.0 Å². The van der Waals surface area contributed by atoms with E-state index in [2.05, 4.69) is 0 Å². The molecule has 29 heavy (non-hydrogen) atoms. The van der Waals surface area contributed by atoms with Gasteiger partial charge in [0.05, 0.1) is 24.5 Å². The zero-order chi connectivity index (χ0) is 21.4. The Bertz CT molecular complexity index is 706. The number of ether oxygens (including phenoxy) is 2. The molecule has 1 heterocycles. The fourth-order valence-corrected chi connectivity index (χ4v) is 3.49. The Morgan fingerprint density at radius 3 is 2.55 bits per heavy atom. The number of aryl methyl sites for hydroxylation is 1. The minimum atomic E-state index is -4.41. The molecule has 1 aliphatic rings. The maximum Gasteiger partial charge on any atom is 0.416 e. The van der Waals surface area contributed by atoms with E-state index in [1.54, 1.807) is 6.92 Å². The lowest BCUT2D eigenvalue weighted by Crippen LogP contribution is -2.44. The van der Waals surface area contributed by atoms with E-state index in [0.29, 0.717) is 56.4 Å². The maximum absolute atomic E-state index is 13.0. The van der Waals surface area contributed by atoms with E-state index in [-0.39, 0.29) is 18.6 Å². The van der Waals surface area contributed by atoms with Gasteiger partial charge in [0.15, 0.2) is 0 Å². The number of benzene rings is 1. The second kappa shape index (κ2) is 10.5. The van der Waals surface area contributed by atoms with Crippen LogP contribution in [-0.2, 0) is 26.9 Å². The number of nitrogens with zero attached hydrogens (tertiary/aromatic N) is 1. The number of hydrogen-bond acceptors (Lipinski definition) is 4. The average Bonchev–Trinajstić information content (AvgIpc) is 2.68. The third-order valence-corrected chi connectivity index (χ3v) is 5.00. The van der Waals surface area contributed by atoms with Crippen LogP contribution in [0.4, 0.5) is 23.7 Å². The first-order valence-corrected chi connectivity index (χ1v) is 10.1. The number of anilines is 1. The molecule has 0 spiro atoms. The van der Waals surface area contributed by atoms with Gasteiger partial charge in [0, 0.05) is 12.5 Å². The van der Waals surface area contributed by atoms with Gasteiger partial charge in [-0.2, -0.15) is 13.2 Å². The molecule has 0 bridgehead atoms. The third kappa shape index (κ3) is 6.37. The first kappa shape index (κ1) is 23.0. The number of esters is 1. The number of halogens is 3. The van der Waals surface area contributed by atoms with Crippen LogP contribution in [0.3, 0.4) is 0 Å². The molecular formula is C21H28F3NO4. The number of carbonyl (C=O) groups excluding carboxylic acids is 2. The Kier molecular flexibility index (Phi) is 8.34. The van der Waals surface area contributed by atoms with Crippen LogP contribution in [0.15, 0.2) is 18.2 Å². The first-order valence-electron chi connectivity index (χ1n) is 10.1. The van der Waals surface area contributed by atoms with Crippen molar-refractivity contribution < 1.29 is 32.2 Å². The molecule has 8 heteroatoms. The molecule has 1 aromatic rings. The molecule has 1 aromatic carbocycles. The highest BCUT2D eigenvalue weighted by molar-refractivity contribution is 5.90. The lowest BCUT2D eigenvalue weighted by molar-refractivity contribution is -0.143. The van der Waals surface area contributed by atoms with Gasteiger partial charge in [0.2, 0.25) is 0 Å². The van der Waals surface area contributed by atoms with Gasteiger partial charge < -0.3 is 9.47 Å². The number of rotatable bonds is 8. The van der Waals surface area contributed by atoms with Crippen molar-refractivity contribution in [3.8, 4) is 0 Å². The smallest absolute Gasteiger partial charge is 0.416 e. The molecular weight excluding hydrogens is 387 g/mol. The summed E-state index contributed by atoms with van der Waals surface area (Å²) in [6, 6.07) is 3.39. The number of hydrogen-bond donors (Lipinski definition) is 0. The number of alkyl halides is 3. The van der Waals surface area contributed by atoms with Gasteiger partial charge in [-0.3, -0.25) is 9.69 Å². The van der Waals surface area contributed by atoms with E-state index in [0.717, 1.165) is 18.6 Å². The predicted octanol–water partition coefficient (Wildman–Crippen LogP) is 5.50. The van der Waals surface area contributed by atoms with Crippen LogP contribution in [0.2, 0.25) is 0 Å². The number of unbranched alkanes of at least 4 members (excludes halogenated alkanes) is 2. The van der Waals surface area contributed by atoms with E-state index in [4.69, 9.17) is 9.47 Å². The van der Waals surface area contributed by atoms with Gasteiger partial charge >= 0.3 is 18.2 Å². The van der Waals surface area contributed by atoms with Crippen LogP contribution in [0.25, 0.3) is 0 Å². The topological polar surface area (TPSA) is 55.8 Å². The molecule has 0 radical (unpaired) electrons. The fraction of sp³-hybridized carbons (Fsp3) is 0.619. The molecule has 0 aliphatic carbocycles. The summed E-state index contributed by atoms with van der Waals surface area (Å²) in [4.78, 5) is 25.4. The molecule has 1 unspecified atom stereocenters. The predicted molar refractivity (Wildman–Crippen MR) is 103 cm³/mol. The van der Waals surface area contributed by atoms with Crippen LogP contribution >= 0.6 is 0 Å². The Morgan fingerprint density at radius 1 is 1.14 bits per heavy atom. The fourth-order valence-electron chi connectivity index (χ4n) is 3.49. The van der Waals surface area contributed by atoms with Crippen molar-refractivity contribution in [2.24, 2.45) is 0 Å². The Balaban J connectivity index is 1.94. The second-order valence-electron chi connectivity index (χ2n) is 7.04. The van der Waals surface area contributed by atoms with E-state index in [9.17, 15) is 22.8 Å². The summed E-state index contributed by atoms with van der Waals surface area (Å²) in [7, 11) is 0. The molecule has 5 nitrogen and oxygen atoms in total. The minimum absolute atomic E-state index is 0.101. The van der Waals surface area contributed by atoms with Crippen molar-refractivity contribution in [1.82, 2.24) is 0 Å². The highest BCUT2D eigenvalue weighted by Gasteiger charge is 2.35. The zero-order valence-corrected chi connectivity index (χ0v) is 16.9. The van der Waals surface area contributed by atoms with E-state index in [1.807, 2.05) is 6.92 Å². The van der Waals surface area contributed by atoms with Gasteiger partial charge in [0.1, 0.15) is 0 Å². The van der Waals surface area contributed by atoms with Gasteiger partial charge in [0.25, 0.3) is 0 Å². The van der Waals surface area contributed by atoms with Gasteiger partial charge in [-0.25, -0.2) is 4.79 Å². The average molecular weight is 415 g/mol.